The van der Waals surface area contributed by atoms with Crippen molar-refractivity contribution >= 4 is 11.8 Å². The van der Waals surface area contributed by atoms with Crippen molar-refractivity contribution in [2.45, 2.75) is 64.5 Å². The first-order chi connectivity index (χ1) is 10.5. The molecule has 5 heteroatoms. The molecule has 0 aromatic heterocycles. The highest BCUT2D eigenvalue weighted by atomic mass is 16.5. The second-order valence-corrected chi connectivity index (χ2v) is 6.97. The van der Waals surface area contributed by atoms with E-state index in [0.29, 0.717) is 18.9 Å². The third kappa shape index (κ3) is 4.22. The van der Waals surface area contributed by atoms with Crippen LogP contribution >= 0.6 is 0 Å². The molecule has 126 valence electrons. The number of ether oxygens (including phenoxy) is 1. The first kappa shape index (κ1) is 17.3. The van der Waals surface area contributed by atoms with Gasteiger partial charge in [0.25, 0.3) is 0 Å². The maximum atomic E-state index is 13.0. The molecule has 0 N–H and O–H groups in total. The van der Waals surface area contributed by atoms with Gasteiger partial charge in [0.1, 0.15) is 6.04 Å². The van der Waals surface area contributed by atoms with Crippen molar-refractivity contribution in [2.75, 3.05) is 26.7 Å². The second-order valence-electron chi connectivity index (χ2n) is 6.97. The van der Waals surface area contributed by atoms with E-state index >= 15 is 0 Å². The smallest absolute Gasteiger partial charge is 0.245 e. The Morgan fingerprint density at radius 2 is 2.05 bits per heavy atom. The SMILES string of the molecule is COC1CCCN(C(=O)C(CC(C)C)N2CCCCC2=O)C1. The number of methoxy groups -OCH3 is 1. The molecule has 0 aromatic rings. The largest absolute Gasteiger partial charge is 0.380 e. The predicted molar refractivity (Wildman–Crippen MR) is 85.4 cm³/mol. The molecule has 2 amide bonds. The highest BCUT2D eigenvalue weighted by molar-refractivity contribution is 5.88. The van der Waals surface area contributed by atoms with Crippen LogP contribution in [-0.4, -0.2) is 60.5 Å². The number of hydrogen-bond acceptors (Lipinski definition) is 3. The summed E-state index contributed by atoms with van der Waals surface area (Å²) in [5.41, 5.74) is 0. The van der Waals surface area contributed by atoms with Gasteiger partial charge in [0, 0.05) is 33.2 Å². The number of hydrogen-bond donors (Lipinski definition) is 0. The molecular formula is C17H30N2O3. The topological polar surface area (TPSA) is 49.9 Å². The number of carbonyl (C=O) groups is 2. The fourth-order valence-electron chi connectivity index (χ4n) is 3.51. The van der Waals surface area contributed by atoms with E-state index in [9.17, 15) is 9.59 Å². The van der Waals surface area contributed by atoms with Crippen molar-refractivity contribution in [2.24, 2.45) is 5.92 Å². The number of likely N-dealkylation sites (tertiary alicyclic amines) is 2. The van der Waals surface area contributed by atoms with E-state index < -0.39 is 0 Å². The van der Waals surface area contributed by atoms with Gasteiger partial charge in [-0.1, -0.05) is 13.8 Å². The summed E-state index contributed by atoms with van der Waals surface area (Å²) in [6.45, 7) is 6.40. The van der Waals surface area contributed by atoms with Gasteiger partial charge in [0.15, 0.2) is 0 Å². The molecule has 22 heavy (non-hydrogen) atoms. The Bertz CT molecular complexity index is 397. The van der Waals surface area contributed by atoms with Gasteiger partial charge in [0.05, 0.1) is 6.10 Å². The highest BCUT2D eigenvalue weighted by Gasteiger charge is 2.35. The number of amides is 2. The second kappa shape index (κ2) is 7.95. The minimum atomic E-state index is -0.289. The minimum Gasteiger partial charge on any atom is -0.380 e. The number of nitrogens with zero attached hydrogens (tertiary/aromatic N) is 2. The molecule has 0 saturated carbocycles. The minimum absolute atomic E-state index is 0.116. The van der Waals surface area contributed by atoms with Gasteiger partial charge in [-0.3, -0.25) is 9.59 Å². The van der Waals surface area contributed by atoms with E-state index in [0.717, 1.165) is 45.2 Å². The van der Waals surface area contributed by atoms with Crippen molar-refractivity contribution in [3.05, 3.63) is 0 Å². The molecule has 2 atom stereocenters. The summed E-state index contributed by atoms with van der Waals surface area (Å²) in [5, 5.41) is 0. The average molecular weight is 310 g/mol. The molecule has 0 bridgehead atoms. The van der Waals surface area contributed by atoms with Crippen LogP contribution < -0.4 is 0 Å². The van der Waals surface area contributed by atoms with Crippen LogP contribution in [0.2, 0.25) is 0 Å². The fraction of sp³-hybridized carbons (Fsp3) is 0.882. The molecule has 0 aliphatic carbocycles. The summed E-state index contributed by atoms with van der Waals surface area (Å²) >= 11 is 0. The van der Waals surface area contributed by atoms with E-state index in [1.165, 1.54) is 0 Å². The lowest BCUT2D eigenvalue weighted by Gasteiger charge is -2.40. The summed E-state index contributed by atoms with van der Waals surface area (Å²) in [7, 11) is 1.71. The molecule has 2 heterocycles. The van der Waals surface area contributed by atoms with Crippen molar-refractivity contribution in [3.8, 4) is 0 Å². The van der Waals surface area contributed by atoms with Gasteiger partial charge in [-0.2, -0.15) is 0 Å². The Morgan fingerprint density at radius 3 is 2.68 bits per heavy atom. The molecule has 2 saturated heterocycles. The van der Waals surface area contributed by atoms with E-state index in [1.807, 2.05) is 9.80 Å². The standard InChI is InChI=1S/C17H30N2O3/c1-13(2)11-15(19-10-5-4-8-16(19)20)17(21)18-9-6-7-14(12-18)22-3/h13-15H,4-12H2,1-3H3. The first-order valence-electron chi connectivity index (χ1n) is 8.64. The van der Waals surface area contributed by atoms with Gasteiger partial charge in [-0.15, -0.1) is 0 Å². The van der Waals surface area contributed by atoms with Crippen LogP contribution in [0, 0.1) is 5.92 Å². The Kier molecular flexibility index (Phi) is 6.24. The maximum Gasteiger partial charge on any atom is 0.245 e. The molecule has 0 spiro atoms. The van der Waals surface area contributed by atoms with Gasteiger partial charge in [-0.25, -0.2) is 0 Å². The van der Waals surface area contributed by atoms with Gasteiger partial charge in [0.2, 0.25) is 11.8 Å². The molecule has 2 unspecified atom stereocenters. The number of piperidine rings is 2. The third-order valence-corrected chi connectivity index (χ3v) is 4.74. The zero-order valence-electron chi connectivity index (χ0n) is 14.2. The van der Waals surface area contributed by atoms with E-state index in [2.05, 4.69) is 13.8 Å². The lowest BCUT2D eigenvalue weighted by atomic mass is 9.97. The quantitative estimate of drug-likeness (QED) is 0.781. The lowest BCUT2D eigenvalue weighted by molar-refractivity contribution is -0.150. The Labute approximate surface area is 134 Å². The Morgan fingerprint density at radius 1 is 1.27 bits per heavy atom. The zero-order valence-corrected chi connectivity index (χ0v) is 14.2. The lowest BCUT2D eigenvalue weighted by Crippen LogP contribution is -2.55. The predicted octanol–water partition coefficient (Wildman–Crippen LogP) is 2.05. The molecular weight excluding hydrogens is 280 g/mol. The first-order valence-corrected chi connectivity index (χ1v) is 8.64. The third-order valence-electron chi connectivity index (χ3n) is 4.74. The normalized spacial score (nSPS) is 24.7. The highest BCUT2D eigenvalue weighted by Crippen LogP contribution is 2.22. The molecule has 0 aromatic carbocycles. The average Bonchev–Trinajstić information content (AvgIpc) is 2.52. The van der Waals surface area contributed by atoms with Gasteiger partial charge < -0.3 is 14.5 Å². The molecule has 2 aliphatic rings. The molecule has 2 rings (SSSR count). The molecule has 2 fully saturated rings. The van der Waals surface area contributed by atoms with Crippen LogP contribution in [0.3, 0.4) is 0 Å². The van der Waals surface area contributed by atoms with Crippen LogP contribution in [0.5, 0.6) is 0 Å². The maximum absolute atomic E-state index is 13.0. The van der Waals surface area contributed by atoms with E-state index in [-0.39, 0.29) is 24.0 Å². The van der Waals surface area contributed by atoms with Crippen LogP contribution in [-0.2, 0) is 14.3 Å². The summed E-state index contributed by atoms with van der Waals surface area (Å²) < 4.78 is 5.42. The van der Waals surface area contributed by atoms with Crippen molar-refractivity contribution in [3.63, 3.8) is 0 Å². The van der Waals surface area contributed by atoms with Crippen LogP contribution in [0.25, 0.3) is 0 Å². The summed E-state index contributed by atoms with van der Waals surface area (Å²) in [6.07, 6.45) is 5.42. The van der Waals surface area contributed by atoms with E-state index in [1.54, 1.807) is 7.11 Å². The van der Waals surface area contributed by atoms with Crippen molar-refractivity contribution < 1.29 is 14.3 Å². The Balaban J connectivity index is 2.09. The zero-order chi connectivity index (χ0) is 16.1. The summed E-state index contributed by atoms with van der Waals surface area (Å²) in [6, 6.07) is -0.289. The molecule has 5 nitrogen and oxygen atoms in total. The molecule has 2 aliphatic heterocycles. The number of rotatable bonds is 5. The van der Waals surface area contributed by atoms with Crippen LogP contribution in [0.4, 0.5) is 0 Å². The molecule has 0 radical (unpaired) electrons. The number of carbonyl (C=O) groups excluding carboxylic acids is 2. The Hall–Kier alpha value is -1.10. The monoisotopic (exact) mass is 310 g/mol. The van der Waals surface area contributed by atoms with Gasteiger partial charge >= 0.3 is 0 Å². The fourth-order valence-corrected chi connectivity index (χ4v) is 3.51. The summed E-state index contributed by atoms with van der Waals surface area (Å²) in [5.74, 6) is 0.656. The van der Waals surface area contributed by atoms with Crippen LogP contribution in [0.1, 0.15) is 52.4 Å². The van der Waals surface area contributed by atoms with Crippen molar-refractivity contribution in [1.82, 2.24) is 9.80 Å². The summed E-state index contributed by atoms with van der Waals surface area (Å²) in [4.78, 5) is 29.0. The van der Waals surface area contributed by atoms with Crippen molar-refractivity contribution in [1.29, 1.82) is 0 Å². The van der Waals surface area contributed by atoms with Crippen LogP contribution in [0.15, 0.2) is 0 Å². The van der Waals surface area contributed by atoms with Gasteiger partial charge in [-0.05, 0) is 38.0 Å². The van der Waals surface area contributed by atoms with E-state index in [4.69, 9.17) is 4.74 Å².